The summed E-state index contributed by atoms with van der Waals surface area (Å²) in [5, 5.41) is 8.98. The Hall–Kier alpha value is -1.30. The largest absolute Gasteiger partial charge is 0.505 e. The molecule has 0 saturated heterocycles. The molecule has 1 aromatic carbocycles. The third kappa shape index (κ3) is 4.60. The van der Waals surface area contributed by atoms with Crippen LogP contribution in [0, 0.1) is 11.2 Å². The van der Waals surface area contributed by atoms with Gasteiger partial charge in [-0.2, -0.15) is 0 Å². The van der Waals surface area contributed by atoms with Gasteiger partial charge < -0.3 is 5.11 Å². The highest BCUT2D eigenvalue weighted by molar-refractivity contribution is 7.92. The van der Waals surface area contributed by atoms with E-state index in [4.69, 9.17) is 5.11 Å². The highest BCUT2D eigenvalue weighted by Crippen LogP contribution is 2.22. The normalized spacial score (nSPS) is 12.5. The van der Waals surface area contributed by atoms with Crippen molar-refractivity contribution in [3.8, 4) is 5.75 Å². The van der Waals surface area contributed by atoms with Crippen molar-refractivity contribution in [2.24, 2.45) is 5.41 Å². The maximum atomic E-state index is 13.0. The third-order valence-electron chi connectivity index (χ3n) is 1.84. The second-order valence-electron chi connectivity index (χ2n) is 5.09. The molecule has 1 aromatic rings. The van der Waals surface area contributed by atoms with Crippen molar-refractivity contribution in [2.45, 2.75) is 20.8 Å². The maximum absolute atomic E-state index is 13.0. The van der Waals surface area contributed by atoms with Crippen LogP contribution in [0.4, 0.5) is 10.1 Å². The van der Waals surface area contributed by atoms with E-state index in [1.165, 1.54) is 6.07 Å². The number of sulfonamides is 1. The molecule has 0 aliphatic rings. The smallest absolute Gasteiger partial charge is 0.233 e. The van der Waals surface area contributed by atoms with Crippen LogP contribution in [0.2, 0.25) is 0 Å². The van der Waals surface area contributed by atoms with Gasteiger partial charge in [-0.1, -0.05) is 20.8 Å². The van der Waals surface area contributed by atoms with Crippen molar-refractivity contribution in [3.63, 3.8) is 0 Å². The second kappa shape index (κ2) is 4.52. The van der Waals surface area contributed by atoms with E-state index in [2.05, 4.69) is 4.72 Å². The Balaban J connectivity index is 2.87. The summed E-state index contributed by atoms with van der Waals surface area (Å²) in [5.74, 6) is -1.44. The van der Waals surface area contributed by atoms with E-state index >= 15 is 0 Å². The SMILES string of the molecule is CC(C)(C)CS(=O)(=O)Nc1ccc(O)c(F)c1. The van der Waals surface area contributed by atoms with E-state index < -0.39 is 21.6 Å². The molecule has 0 radical (unpaired) electrons. The first-order chi connectivity index (χ1) is 7.59. The molecule has 0 fully saturated rings. The number of benzene rings is 1. The Morgan fingerprint density at radius 3 is 2.41 bits per heavy atom. The molecule has 0 atom stereocenters. The highest BCUT2D eigenvalue weighted by Gasteiger charge is 2.21. The van der Waals surface area contributed by atoms with Crippen LogP contribution < -0.4 is 4.72 Å². The Morgan fingerprint density at radius 1 is 1.35 bits per heavy atom. The van der Waals surface area contributed by atoms with Gasteiger partial charge in [-0.05, 0) is 17.5 Å². The maximum Gasteiger partial charge on any atom is 0.233 e. The average Bonchev–Trinajstić information content (AvgIpc) is 2.06. The zero-order chi connectivity index (χ0) is 13.3. The number of phenols is 1. The second-order valence-corrected chi connectivity index (χ2v) is 6.81. The number of rotatable bonds is 3. The van der Waals surface area contributed by atoms with Gasteiger partial charge in [0, 0.05) is 6.07 Å². The van der Waals surface area contributed by atoms with Gasteiger partial charge in [0.05, 0.1) is 11.4 Å². The van der Waals surface area contributed by atoms with E-state index in [0.29, 0.717) is 0 Å². The molecule has 0 aliphatic carbocycles. The molecule has 0 aromatic heterocycles. The van der Waals surface area contributed by atoms with Crippen molar-refractivity contribution in [1.82, 2.24) is 0 Å². The number of phenolic OH excluding ortho intramolecular Hbond substituents is 1. The predicted molar refractivity (Wildman–Crippen MR) is 64.9 cm³/mol. The monoisotopic (exact) mass is 261 g/mol. The van der Waals surface area contributed by atoms with Gasteiger partial charge in [0.25, 0.3) is 0 Å². The molecule has 2 N–H and O–H groups in total. The summed E-state index contributed by atoms with van der Waals surface area (Å²) in [6.45, 7) is 5.39. The fraction of sp³-hybridized carbons (Fsp3) is 0.455. The molecule has 0 aliphatic heterocycles. The van der Waals surface area contributed by atoms with Gasteiger partial charge in [-0.25, -0.2) is 12.8 Å². The molecule has 0 amide bonds. The zero-order valence-electron chi connectivity index (χ0n) is 9.99. The molecule has 1 rings (SSSR count). The standard InChI is InChI=1S/C11H16FNO3S/c1-11(2,3)7-17(15,16)13-8-4-5-10(14)9(12)6-8/h4-6,13-14H,7H2,1-3H3. The van der Waals surface area contributed by atoms with Crippen LogP contribution in [0.1, 0.15) is 20.8 Å². The van der Waals surface area contributed by atoms with Gasteiger partial charge in [0.1, 0.15) is 0 Å². The minimum Gasteiger partial charge on any atom is -0.505 e. The molecule has 6 heteroatoms. The summed E-state index contributed by atoms with van der Waals surface area (Å²) < 4.78 is 38.7. The lowest BCUT2D eigenvalue weighted by molar-refractivity contribution is 0.432. The molecule has 0 bridgehead atoms. The van der Waals surface area contributed by atoms with Gasteiger partial charge >= 0.3 is 0 Å². The lowest BCUT2D eigenvalue weighted by Gasteiger charge is -2.18. The van der Waals surface area contributed by atoms with Gasteiger partial charge in [-0.3, -0.25) is 4.72 Å². The summed E-state index contributed by atoms with van der Waals surface area (Å²) >= 11 is 0. The minimum absolute atomic E-state index is 0.0670. The zero-order valence-corrected chi connectivity index (χ0v) is 10.8. The fourth-order valence-corrected chi connectivity index (χ4v) is 3.05. The lowest BCUT2D eigenvalue weighted by atomic mass is 10.0. The van der Waals surface area contributed by atoms with Gasteiger partial charge in [0.15, 0.2) is 11.6 Å². The van der Waals surface area contributed by atoms with Crippen LogP contribution in [0.15, 0.2) is 18.2 Å². The molecule has 4 nitrogen and oxygen atoms in total. The number of hydrogen-bond donors (Lipinski definition) is 2. The van der Waals surface area contributed by atoms with E-state index in [1.807, 2.05) is 0 Å². The predicted octanol–water partition coefficient (Wildman–Crippen LogP) is 2.32. The van der Waals surface area contributed by atoms with Gasteiger partial charge in [-0.15, -0.1) is 0 Å². The number of nitrogens with one attached hydrogen (secondary N) is 1. The molecule has 96 valence electrons. The summed E-state index contributed by atoms with van der Waals surface area (Å²) in [6.07, 6.45) is 0. The Kier molecular flexibility index (Phi) is 3.66. The van der Waals surface area contributed by atoms with Crippen LogP contribution in [0.3, 0.4) is 0 Å². The van der Waals surface area contributed by atoms with Gasteiger partial charge in [0.2, 0.25) is 10.0 Å². The third-order valence-corrected chi connectivity index (χ3v) is 3.64. The molecule has 17 heavy (non-hydrogen) atoms. The lowest BCUT2D eigenvalue weighted by Crippen LogP contribution is -2.26. The summed E-state index contributed by atoms with van der Waals surface area (Å²) in [4.78, 5) is 0. The Morgan fingerprint density at radius 2 is 1.94 bits per heavy atom. The van der Waals surface area contributed by atoms with Crippen molar-refractivity contribution < 1.29 is 17.9 Å². The summed E-state index contributed by atoms with van der Waals surface area (Å²) in [5.41, 5.74) is -0.286. The van der Waals surface area contributed by atoms with E-state index in [0.717, 1.165) is 12.1 Å². The molecule has 0 saturated carbocycles. The average molecular weight is 261 g/mol. The summed E-state index contributed by atoms with van der Waals surface area (Å²) in [6, 6.07) is 3.35. The van der Waals surface area contributed by atoms with E-state index in [-0.39, 0.29) is 16.9 Å². The molecule has 0 unspecified atom stereocenters. The van der Waals surface area contributed by atoms with Crippen molar-refractivity contribution >= 4 is 15.7 Å². The quantitative estimate of drug-likeness (QED) is 0.821. The van der Waals surface area contributed by atoms with Crippen LogP contribution in [0.25, 0.3) is 0 Å². The molecular weight excluding hydrogens is 245 g/mol. The van der Waals surface area contributed by atoms with Crippen LogP contribution in [-0.2, 0) is 10.0 Å². The number of anilines is 1. The van der Waals surface area contributed by atoms with E-state index in [1.54, 1.807) is 20.8 Å². The first kappa shape index (κ1) is 13.8. The molecule has 0 heterocycles. The first-order valence-corrected chi connectivity index (χ1v) is 6.73. The fourth-order valence-electron chi connectivity index (χ4n) is 1.36. The number of halogens is 1. The van der Waals surface area contributed by atoms with Crippen LogP contribution in [-0.4, -0.2) is 19.3 Å². The number of aromatic hydroxyl groups is 1. The minimum atomic E-state index is -3.52. The molecule has 0 spiro atoms. The number of hydrogen-bond acceptors (Lipinski definition) is 3. The Bertz CT molecular complexity index is 506. The highest BCUT2D eigenvalue weighted by atomic mass is 32.2. The van der Waals surface area contributed by atoms with E-state index in [9.17, 15) is 12.8 Å². The first-order valence-electron chi connectivity index (χ1n) is 5.08. The molecular formula is C11H16FNO3S. The topological polar surface area (TPSA) is 66.4 Å². The summed E-state index contributed by atoms with van der Waals surface area (Å²) in [7, 11) is -3.52. The van der Waals surface area contributed by atoms with Crippen molar-refractivity contribution in [3.05, 3.63) is 24.0 Å². The van der Waals surface area contributed by atoms with Crippen molar-refractivity contribution in [1.29, 1.82) is 0 Å². The Labute approximate surface area is 101 Å². The van der Waals surface area contributed by atoms with Crippen LogP contribution in [0.5, 0.6) is 5.75 Å². The van der Waals surface area contributed by atoms with Crippen molar-refractivity contribution in [2.75, 3.05) is 10.5 Å². The van der Waals surface area contributed by atoms with Crippen LogP contribution >= 0.6 is 0 Å².